The number of benzene rings is 2. The number of methoxy groups -OCH3 is 1. The number of hydrogen-bond acceptors (Lipinski definition) is 6. The SMILES string of the molecule is CCn1cnc2cc(COC(=O)Cc3sc(-c4ccc(F)cc4OC)nc3C)ccc21. The van der Waals surface area contributed by atoms with E-state index < -0.39 is 0 Å². The first-order valence-electron chi connectivity index (χ1n) is 9.88. The summed E-state index contributed by atoms with van der Waals surface area (Å²) in [6.07, 6.45) is 1.93. The molecule has 4 aromatic rings. The molecular formula is C23H22FN3O3S. The molecule has 2 heterocycles. The van der Waals surface area contributed by atoms with E-state index in [9.17, 15) is 9.18 Å². The van der Waals surface area contributed by atoms with Crippen molar-refractivity contribution in [2.45, 2.75) is 33.4 Å². The van der Waals surface area contributed by atoms with Crippen LogP contribution in [0.25, 0.3) is 21.6 Å². The van der Waals surface area contributed by atoms with Crippen molar-refractivity contribution >= 4 is 28.3 Å². The van der Waals surface area contributed by atoms with Crippen LogP contribution in [0.3, 0.4) is 0 Å². The Kier molecular flexibility index (Phi) is 5.99. The molecule has 0 aliphatic rings. The summed E-state index contributed by atoms with van der Waals surface area (Å²) in [6, 6.07) is 10.2. The zero-order valence-corrected chi connectivity index (χ0v) is 18.3. The number of carbonyl (C=O) groups is 1. The molecule has 0 amide bonds. The number of ether oxygens (including phenoxy) is 2. The van der Waals surface area contributed by atoms with Crippen molar-refractivity contribution in [1.29, 1.82) is 0 Å². The number of rotatable bonds is 7. The van der Waals surface area contributed by atoms with Crippen LogP contribution in [-0.4, -0.2) is 27.6 Å². The van der Waals surface area contributed by atoms with Gasteiger partial charge < -0.3 is 14.0 Å². The van der Waals surface area contributed by atoms with Gasteiger partial charge in [0.1, 0.15) is 23.2 Å². The minimum Gasteiger partial charge on any atom is -0.496 e. The van der Waals surface area contributed by atoms with Gasteiger partial charge in [0.15, 0.2) is 0 Å². The molecule has 0 bridgehead atoms. The summed E-state index contributed by atoms with van der Waals surface area (Å²) in [5.41, 5.74) is 4.26. The smallest absolute Gasteiger partial charge is 0.311 e. The molecule has 0 saturated carbocycles. The molecule has 4 rings (SSSR count). The summed E-state index contributed by atoms with van der Waals surface area (Å²) in [5, 5.41) is 0.675. The molecule has 0 spiro atoms. The Morgan fingerprint density at radius 2 is 2.06 bits per heavy atom. The van der Waals surface area contributed by atoms with Crippen molar-refractivity contribution in [2.75, 3.05) is 7.11 Å². The van der Waals surface area contributed by atoms with Crippen LogP contribution in [0.2, 0.25) is 0 Å². The molecule has 8 heteroatoms. The van der Waals surface area contributed by atoms with E-state index in [2.05, 4.69) is 21.5 Å². The first-order chi connectivity index (χ1) is 15.0. The number of carbonyl (C=O) groups excluding carboxylic acids is 1. The van der Waals surface area contributed by atoms with Crippen molar-refractivity contribution < 1.29 is 18.7 Å². The fourth-order valence-electron chi connectivity index (χ4n) is 3.35. The lowest BCUT2D eigenvalue weighted by Crippen LogP contribution is -2.07. The predicted molar refractivity (Wildman–Crippen MR) is 118 cm³/mol. The monoisotopic (exact) mass is 439 g/mol. The fraction of sp³-hybridized carbons (Fsp3) is 0.261. The largest absolute Gasteiger partial charge is 0.496 e. The van der Waals surface area contributed by atoms with E-state index >= 15 is 0 Å². The number of hydrogen-bond donors (Lipinski definition) is 0. The van der Waals surface area contributed by atoms with E-state index in [1.54, 1.807) is 12.4 Å². The normalized spacial score (nSPS) is 11.1. The molecule has 0 radical (unpaired) electrons. The van der Waals surface area contributed by atoms with E-state index in [0.29, 0.717) is 16.3 Å². The van der Waals surface area contributed by atoms with Gasteiger partial charge in [-0.2, -0.15) is 0 Å². The summed E-state index contributed by atoms with van der Waals surface area (Å²) in [6.45, 7) is 4.95. The lowest BCUT2D eigenvalue weighted by atomic mass is 10.2. The maximum atomic E-state index is 13.5. The van der Waals surface area contributed by atoms with Gasteiger partial charge in [-0.3, -0.25) is 4.79 Å². The van der Waals surface area contributed by atoms with Crippen molar-refractivity contribution in [3.63, 3.8) is 0 Å². The molecule has 0 N–H and O–H groups in total. The molecule has 2 aromatic carbocycles. The van der Waals surface area contributed by atoms with Gasteiger partial charge in [0.05, 0.1) is 42.1 Å². The Morgan fingerprint density at radius 1 is 1.23 bits per heavy atom. The van der Waals surface area contributed by atoms with Crippen LogP contribution in [0.15, 0.2) is 42.7 Å². The van der Waals surface area contributed by atoms with Gasteiger partial charge in [0.2, 0.25) is 0 Å². The second-order valence-electron chi connectivity index (χ2n) is 7.06. The van der Waals surface area contributed by atoms with Gasteiger partial charge >= 0.3 is 5.97 Å². The molecule has 6 nitrogen and oxygen atoms in total. The van der Waals surface area contributed by atoms with Gasteiger partial charge in [0.25, 0.3) is 0 Å². The highest BCUT2D eigenvalue weighted by Gasteiger charge is 2.17. The fourth-order valence-corrected chi connectivity index (χ4v) is 4.42. The molecular weight excluding hydrogens is 417 g/mol. The van der Waals surface area contributed by atoms with Crippen LogP contribution < -0.4 is 4.74 Å². The Hall–Kier alpha value is -3.26. The summed E-state index contributed by atoms with van der Waals surface area (Å²) in [7, 11) is 1.49. The van der Waals surface area contributed by atoms with E-state index in [-0.39, 0.29) is 24.8 Å². The van der Waals surface area contributed by atoms with E-state index in [1.165, 1.54) is 30.6 Å². The third kappa shape index (κ3) is 4.44. The number of fused-ring (bicyclic) bond motifs is 1. The number of esters is 1. The molecule has 0 aliphatic heterocycles. The highest BCUT2D eigenvalue weighted by atomic mass is 32.1. The summed E-state index contributed by atoms with van der Waals surface area (Å²) < 4.78 is 26.3. The van der Waals surface area contributed by atoms with Crippen LogP contribution in [0.1, 0.15) is 23.1 Å². The lowest BCUT2D eigenvalue weighted by molar-refractivity contribution is -0.144. The summed E-state index contributed by atoms with van der Waals surface area (Å²) in [4.78, 5) is 22.2. The summed E-state index contributed by atoms with van der Waals surface area (Å²) in [5.74, 6) is -0.301. The second kappa shape index (κ2) is 8.85. The third-order valence-electron chi connectivity index (χ3n) is 5.02. The number of thiazole rings is 1. The Bertz CT molecular complexity index is 1250. The summed E-state index contributed by atoms with van der Waals surface area (Å²) >= 11 is 1.38. The first kappa shape index (κ1) is 21.0. The van der Waals surface area contributed by atoms with Crippen molar-refractivity contribution in [1.82, 2.24) is 14.5 Å². The predicted octanol–water partition coefficient (Wildman–Crippen LogP) is 4.92. The standard InChI is InChI=1S/C23H22FN3O3S/c1-4-27-13-25-18-9-15(5-8-19(18)27)12-30-22(28)11-21-14(2)26-23(31-21)17-7-6-16(24)10-20(17)29-3/h5-10,13H,4,11-12H2,1-3H3. The molecule has 0 aliphatic carbocycles. The number of aryl methyl sites for hydroxylation is 2. The molecule has 0 atom stereocenters. The first-order valence-corrected chi connectivity index (χ1v) is 10.7. The van der Waals surface area contributed by atoms with Crippen molar-refractivity contribution in [2.24, 2.45) is 0 Å². The average molecular weight is 440 g/mol. The third-order valence-corrected chi connectivity index (χ3v) is 6.21. The number of nitrogens with zero attached hydrogens (tertiary/aromatic N) is 3. The number of aromatic nitrogens is 3. The Morgan fingerprint density at radius 3 is 2.84 bits per heavy atom. The van der Waals surface area contributed by atoms with Crippen LogP contribution in [0.5, 0.6) is 5.75 Å². The van der Waals surface area contributed by atoms with Gasteiger partial charge in [-0.05, 0) is 43.7 Å². The van der Waals surface area contributed by atoms with E-state index in [0.717, 1.165) is 33.7 Å². The molecule has 0 fully saturated rings. The molecule has 0 saturated heterocycles. The molecule has 31 heavy (non-hydrogen) atoms. The molecule has 0 unspecified atom stereocenters. The average Bonchev–Trinajstić information content (AvgIpc) is 3.34. The molecule has 160 valence electrons. The van der Waals surface area contributed by atoms with Crippen LogP contribution in [-0.2, 0) is 29.1 Å². The second-order valence-corrected chi connectivity index (χ2v) is 8.15. The van der Waals surface area contributed by atoms with Crippen LogP contribution in [0.4, 0.5) is 4.39 Å². The Balaban J connectivity index is 1.43. The maximum Gasteiger partial charge on any atom is 0.311 e. The highest BCUT2D eigenvalue weighted by Crippen LogP contribution is 2.35. The highest BCUT2D eigenvalue weighted by molar-refractivity contribution is 7.15. The van der Waals surface area contributed by atoms with E-state index in [4.69, 9.17) is 9.47 Å². The topological polar surface area (TPSA) is 66.2 Å². The zero-order chi connectivity index (χ0) is 22.0. The van der Waals surface area contributed by atoms with Crippen molar-refractivity contribution in [3.8, 4) is 16.3 Å². The van der Waals surface area contributed by atoms with Gasteiger partial charge in [-0.15, -0.1) is 11.3 Å². The zero-order valence-electron chi connectivity index (χ0n) is 17.5. The van der Waals surface area contributed by atoms with Gasteiger partial charge in [-0.25, -0.2) is 14.4 Å². The quantitative estimate of drug-likeness (QED) is 0.382. The number of imidazole rings is 1. The Labute approximate surface area is 183 Å². The number of halogens is 1. The lowest BCUT2D eigenvalue weighted by Gasteiger charge is -2.06. The minimum atomic E-state index is -0.377. The minimum absolute atomic E-state index is 0.125. The van der Waals surface area contributed by atoms with E-state index in [1.807, 2.05) is 25.1 Å². The van der Waals surface area contributed by atoms with Crippen molar-refractivity contribution in [3.05, 3.63) is 64.7 Å². The maximum absolute atomic E-state index is 13.5. The van der Waals surface area contributed by atoms with Crippen LogP contribution in [0, 0.1) is 12.7 Å². The molecule has 2 aromatic heterocycles. The van der Waals surface area contributed by atoms with Gasteiger partial charge in [-0.1, -0.05) is 6.07 Å². The van der Waals surface area contributed by atoms with Crippen LogP contribution >= 0.6 is 11.3 Å². The van der Waals surface area contributed by atoms with Gasteiger partial charge in [0, 0.05) is 17.5 Å².